The Bertz CT molecular complexity index is 555. The molecule has 0 radical (unpaired) electrons. The van der Waals surface area contributed by atoms with E-state index in [0.717, 1.165) is 24.2 Å². The van der Waals surface area contributed by atoms with Crippen LogP contribution >= 0.6 is 0 Å². The van der Waals surface area contributed by atoms with E-state index in [2.05, 4.69) is 20.3 Å². The zero-order chi connectivity index (χ0) is 12.5. The quantitative estimate of drug-likeness (QED) is 0.825. The van der Waals surface area contributed by atoms with Crippen molar-refractivity contribution in [2.45, 2.75) is 25.2 Å². The van der Waals surface area contributed by atoms with Crippen LogP contribution in [0.2, 0.25) is 0 Å². The molecule has 3 heterocycles. The van der Waals surface area contributed by atoms with Crippen molar-refractivity contribution in [3.8, 4) is 0 Å². The Morgan fingerprint density at radius 1 is 1.44 bits per heavy atom. The number of nitrogens with one attached hydrogen (secondary N) is 1. The highest BCUT2D eigenvalue weighted by Gasteiger charge is 2.27. The minimum absolute atomic E-state index is 0.0541. The lowest BCUT2D eigenvalue weighted by Gasteiger charge is -2.15. The predicted octanol–water partition coefficient (Wildman–Crippen LogP) is 0.538. The van der Waals surface area contributed by atoms with Gasteiger partial charge in [0.1, 0.15) is 18.1 Å². The molecule has 2 aromatic rings. The topological polar surface area (TPSA) is 85.1 Å². The number of aliphatic hydroxyl groups excluding tert-OH is 1. The molecule has 1 fully saturated rings. The van der Waals surface area contributed by atoms with E-state index < -0.39 is 0 Å². The summed E-state index contributed by atoms with van der Waals surface area (Å²) in [5.41, 5.74) is 1.48. The highest BCUT2D eigenvalue weighted by molar-refractivity contribution is 5.82. The number of fused-ring (bicyclic) bond motifs is 1. The molecule has 3 rings (SSSR count). The van der Waals surface area contributed by atoms with Gasteiger partial charge in [-0.3, -0.25) is 4.57 Å². The Balaban J connectivity index is 2.02. The smallest absolute Gasteiger partial charge is 0.183 e. The van der Waals surface area contributed by atoms with Crippen LogP contribution in [0.4, 0.5) is 5.82 Å². The fourth-order valence-corrected chi connectivity index (χ4v) is 2.30. The fraction of sp³-hybridized carbons (Fsp3) is 0.545. The summed E-state index contributed by atoms with van der Waals surface area (Å²) in [5.74, 6) is 0.730. The van der Waals surface area contributed by atoms with E-state index in [-0.39, 0.29) is 18.9 Å². The summed E-state index contributed by atoms with van der Waals surface area (Å²) in [6.07, 6.45) is 4.71. The van der Waals surface area contributed by atoms with Gasteiger partial charge in [-0.15, -0.1) is 0 Å². The second-order valence-corrected chi connectivity index (χ2v) is 4.27. The summed E-state index contributed by atoms with van der Waals surface area (Å²) < 4.78 is 7.68. The van der Waals surface area contributed by atoms with Crippen LogP contribution in [0.15, 0.2) is 12.7 Å². The molecule has 18 heavy (non-hydrogen) atoms. The van der Waals surface area contributed by atoms with E-state index in [0.29, 0.717) is 5.65 Å². The molecule has 0 amide bonds. The summed E-state index contributed by atoms with van der Waals surface area (Å²) in [5, 5.41) is 12.1. The maximum absolute atomic E-state index is 9.11. The SMILES string of the molecule is CNc1ncnc2ncn([C@H]3CC[C@@H](CO)O3)c12. The van der Waals surface area contributed by atoms with Crippen molar-refractivity contribution in [3.05, 3.63) is 12.7 Å². The van der Waals surface area contributed by atoms with Crippen LogP contribution in [-0.2, 0) is 4.74 Å². The first-order valence-corrected chi connectivity index (χ1v) is 5.95. The normalized spacial score (nSPS) is 23.7. The Hall–Kier alpha value is -1.73. The van der Waals surface area contributed by atoms with Crippen LogP contribution < -0.4 is 5.32 Å². The zero-order valence-electron chi connectivity index (χ0n) is 10.1. The van der Waals surface area contributed by atoms with Crippen LogP contribution in [0.25, 0.3) is 11.2 Å². The summed E-state index contributed by atoms with van der Waals surface area (Å²) in [6, 6.07) is 0. The minimum Gasteiger partial charge on any atom is -0.394 e. The van der Waals surface area contributed by atoms with E-state index in [1.807, 2.05) is 11.6 Å². The third-order valence-corrected chi connectivity index (χ3v) is 3.20. The molecule has 1 aliphatic heterocycles. The molecular formula is C11H15N5O2. The second kappa shape index (κ2) is 4.51. The number of nitrogens with zero attached hydrogens (tertiary/aromatic N) is 4. The van der Waals surface area contributed by atoms with E-state index >= 15 is 0 Å². The molecule has 0 spiro atoms. The van der Waals surface area contributed by atoms with Gasteiger partial charge in [0.15, 0.2) is 11.5 Å². The third kappa shape index (κ3) is 1.72. The van der Waals surface area contributed by atoms with Crippen LogP contribution in [0.3, 0.4) is 0 Å². The number of aliphatic hydroxyl groups is 1. The van der Waals surface area contributed by atoms with Crippen molar-refractivity contribution in [1.82, 2.24) is 19.5 Å². The van der Waals surface area contributed by atoms with E-state index in [1.54, 1.807) is 6.33 Å². The second-order valence-electron chi connectivity index (χ2n) is 4.27. The highest BCUT2D eigenvalue weighted by Crippen LogP contribution is 2.31. The predicted molar refractivity (Wildman–Crippen MR) is 65.1 cm³/mol. The third-order valence-electron chi connectivity index (χ3n) is 3.20. The van der Waals surface area contributed by atoms with Crippen LogP contribution in [0.5, 0.6) is 0 Å². The number of imidazole rings is 1. The average molecular weight is 249 g/mol. The number of hydrogen-bond donors (Lipinski definition) is 2. The van der Waals surface area contributed by atoms with Crippen molar-refractivity contribution in [3.63, 3.8) is 0 Å². The lowest BCUT2D eigenvalue weighted by atomic mass is 10.2. The van der Waals surface area contributed by atoms with Crippen molar-refractivity contribution >= 4 is 17.0 Å². The minimum atomic E-state index is -0.106. The van der Waals surface area contributed by atoms with Crippen molar-refractivity contribution in [1.29, 1.82) is 0 Å². The van der Waals surface area contributed by atoms with E-state index in [9.17, 15) is 0 Å². The first-order chi connectivity index (χ1) is 8.83. The van der Waals surface area contributed by atoms with E-state index in [4.69, 9.17) is 9.84 Å². The average Bonchev–Trinajstić information content (AvgIpc) is 3.03. The van der Waals surface area contributed by atoms with Gasteiger partial charge in [-0.25, -0.2) is 15.0 Å². The van der Waals surface area contributed by atoms with Gasteiger partial charge in [-0.1, -0.05) is 0 Å². The van der Waals surface area contributed by atoms with Gasteiger partial charge in [0.2, 0.25) is 0 Å². The Labute approximate surface area is 104 Å². The molecule has 2 N–H and O–H groups in total. The van der Waals surface area contributed by atoms with Crippen molar-refractivity contribution in [2.75, 3.05) is 19.0 Å². The number of hydrogen-bond acceptors (Lipinski definition) is 6. The molecule has 1 aliphatic rings. The number of rotatable bonds is 3. The van der Waals surface area contributed by atoms with Crippen LogP contribution in [0, 0.1) is 0 Å². The van der Waals surface area contributed by atoms with Gasteiger partial charge in [-0.2, -0.15) is 0 Å². The van der Waals surface area contributed by atoms with Gasteiger partial charge in [0.25, 0.3) is 0 Å². The van der Waals surface area contributed by atoms with Crippen molar-refractivity contribution < 1.29 is 9.84 Å². The standard InChI is InChI=1S/C11H15N5O2/c1-12-10-9-11(14-5-13-10)15-6-16(9)8-3-2-7(4-17)18-8/h5-8,17H,2-4H2,1H3,(H,12,13,14)/t7-,8+/m0/s1. The van der Waals surface area contributed by atoms with Gasteiger partial charge < -0.3 is 15.2 Å². The Kier molecular flexibility index (Phi) is 2.85. The maximum Gasteiger partial charge on any atom is 0.183 e. The fourth-order valence-electron chi connectivity index (χ4n) is 2.30. The highest BCUT2D eigenvalue weighted by atomic mass is 16.5. The largest absolute Gasteiger partial charge is 0.394 e. The number of aromatic nitrogens is 4. The Morgan fingerprint density at radius 3 is 3.06 bits per heavy atom. The lowest BCUT2D eigenvalue weighted by molar-refractivity contribution is -0.0204. The summed E-state index contributed by atoms with van der Waals surface area (Å²) in [7, 11) is 1.81. The molecule has 96 valence electrons. The molecule has 0 unspecified atom stereocenters. The number of ether oxygens (including phenoxy) is 1. The molecule has 7 heteroatoms. The van der Waals surface area contributed by atoms with Gasteiger partial charge in [-0.05, 0) is 12.8 Å². The summed E-state index contributed by atoms with van der Waals surface area (Å²) in [4.78, 5) is 12.6. The van der Waals surface area contributed by atoms with Crippen molar-refractivity contribution in [2.24, 2.45) is 0 Å². The van der Waals surface area contributed by atoms with Gasteiger partial charge in [0, 0.05) is 7.05 Å². The van der Waals surface area contributed by atoms with E-state index in [1.165, 1.54) is 6.33 Å². The molecule has 0 aliphatic carbocycles. The lowest BCUT2D eigenvalue weighted by Crippen LogP contribution is -2.14. The monoisotopic (exact) mass is 249 g/mol. The van der Waals surface area contributed by atoms with Crippen LogP contribution in [0.1, 0.15) is 19.1 Å². The molecule has 0 aromatic carbocycles. The molecule has 0 bridgehead atoms. The van der Waals surface area contributed by atoms with Crippen LogP contribution in [-0.4, -0.2) is 44.4 Å². The molecule has 2 atom stereocenters. The molecule has 2 aromatic heterocycles. The summed E-state index contributed by atoms with van der Waals surface area (Å²) in [6.45, 7) is 0.0541. The first-order valence-electron chi connectivity index (χ1n) is 5.95. The molecule has 1 saturated heterocycles. The Morgan fingerprint density at radius 2 is 2.33 bits per heavy atom. The summed E-state index contributed by atoms with van der Waals surface area (Å²) >= 11 is 0. The first kappa shape index (κ1) is 11.4. The van der Waals surface area contributed by atoms with Gasteiger partial charge in [0.05, 0.1) is 19.0 Å². The molecule has 0 saturated carbocycles. The molecule has 7 nitrogen and oxygen atoms in total. The molecular weight excluding hydrogens is 234 g/mol. The zero-order valence-corrected chi connectivity index (χ0v) is 10.1. The number of anilines is 1. The maximum atomic E-state index is 9.11. The van der Waals surface area contributed by atoms with Gasteiger partial charge >= 0.3 is 0 Å².